The van der Waals surface area contributed by atoms with Gasteiger partial charge in [0.1, 0.15) is 5.82 Å². The summed E-state index contributed by atoms with van der Waals surface area (Å²) in [7, 11) is 0. The van der Waals surface area contributed by atoms with Crippen molar-refractivity contribution in [1.82, 2.24) is 14.8 Å². The molecule has 2 rings (SSSR count). The van der Waals surface area contributed by atoms with Gasteiger partial charge < -0.3 is 5.32 Å². The second-order valence-corrected chi connectivity index (χ2v) is 4.50. The molecule has 6 heteroatoms. The smallest absolute Gasteiger partial charge is 0.144 e. The monoisotopic (exact) mass is 300 g/mol. The van der Waals surface area contributed by atoms with Crippen molar-refractivity contribution in [2.45, 2.75) is 6.54 Å². The van der Waals surface area contributed by atoms with Crippen molar-refractivity contribution in [3.63, 3.8) is 0 Å². The van der Waals surface area contributed by atoms with Gasteiger partial charge in [-0.05, 0) is 28.1 Å². The zero-order valence-corrected chi connectivity index (χ0v) is 10.7. The van der Waals surface area contributed by atoms with E-state index in [1.54, 1.807) is 12.4 Å². The first-order chi connectivity index (χ1) is 7.75. The molecule has 0 atom stereocenters. The Morgan fingerprint density at radius 1 is 1.50 bits per heavy atom. The lowest BCUT2D eigenvalue weighted by molar-refractivity contribution is 0.637. The predicted octanol–water partition coefficient (Wildman–Crippen LogP) is 2.81. The summed E-state index contributed by atoms with van der Waals surface area (Å²) in [4.78, 5) is 4.18. The zero-order chi connectivity index (χ0) is 11.4. The standard InChI is InChI=1S/C10H10BrClN4/c11-8-6-9(12)10(14-7-8)13-3-5-16-4-1-2-15-16/h1-2,4,6-7H,3,5H2,(H,13,14). The van der Waals surface area contributed by atoms with Crippen LogP contribution in [-0.4, -0.2) is 21.3 Å². The van der Waals surface area contributed by atoms with Crippen LogP contribution in [0.2, 0.25) is 5.02 Å². The Hall–Kier alpha value is -1.07. The van der Waals surface area contributed by atoms with Gasteiger partial charge in [0, 0.05) is 29.6 Å². The summed E-state index contributed by atoms with van der Waals surface area (Å²) in [5.41, 5.74) is 0. The molecule has 0 saturated carbocycles. The minimum absolute atomic E-state index is 0.606. The van der Waals surface area contributed by atoms with Crippen molar-refractivity contribution < 1.29 is 0 Å². The van der Waals surface area contributed by atoms with E-state index in [0.29, 0.717) is 10.8 Å². The van der Waals surface area contributed by atoms with E-state index in [0.717, 1.165) is 17.6 Å². The van der Waals surface area contributed by atoms with Gasteiger partial charge >= 0.3 is 0 Å². The van der Waals surface area contributed by atoms with Crippen LogP contribution in [0, 0.1) is 0 Å². The third kappa shape index (κ3) is 2.96. The van der Waals surface area contributed by atoms with Crippen LogP contribution in [-0.2, 0) is 6.54 Å². The molecule has 0 aromatic carbocycles. The highest BCUT2D eigenvalue weighted by molar-refractivity contribution is 9.10. The fourth-order valence-electron chi connectivity index (χ4n) is 1.27. The van der Waals surface area contributed by atoms with E-state index >= 15 is 0 Å². The Morgan fingerprint density at radius 3 is 3.06 bits per heavy atom. The van der Waals surface area contributed by atoms with Crippen LogP contribution < -0.4 is 5.32 Å². The van der Waals surface area contributed by atoms with Gasteiger partial charge in [-0.2, -0.15) is 5.10 Å². The molecule has 4 nitrogen and oxygen atoms in total. The summed E-state index contributed by atoms with van der Waals surface area (Å²) in [5, 5.41) is 7.86. The SMILES string of the molecule is Clc1cc(Br)cnc1NCCn1cccn1. The molecular weight excluding hydrogens is 291 g/mol. The molecular formula is C10H10BrClN4. The number of anilines is 1. The Bertz CT molecular complexity index is 458. The Labute approximate surface area is 107 Å². The molecule has 0 unspecified atom stereocenters. The van der Waals surface area contributed by atoms with Gasteiger partial charge in [-0.3, -0.25) is 4.68 Å². The van der Waals surface area contributed by atoms with Gasteiger partial charge in [0.25, 0.3) is 0 Å². The molecule has 0 aliphatic carbocycles. The molecule has 0 aliphatic heterocycles. The summed E-state index contributed by atoms with van der Waals surface area (Å²) >= 11 is 9.32. The van der Waals surface area contributed by atoms with Crippen LogP contribution in [0.5, 0.6) is 0 Å². The van der Waals surface area contributed by atoms with E-state index in [-0.39, 0.29) is 0 Å². The largest absolute Gasteiger partial charge is 0.367 e. The number of aromatic nitrogens is 3. The maximum Gasteiger partial charge on any atom is 0.144 e. The van der Waals surface area contributed by atoms with E-state index in [1.807, 2.05) is 23.0 Å². The predicted molar refractivity (Wildman–Crippen MR) is 67.7 cm³/mol. The second-order valence-electron chi connectivity index (χ2n) is 3.18. The van der Waals surface area contributed by atoms with E-state index in [4.69, 9.17) is 11.6 Å². The van der Waals surface area contributed by atoms with Crippen molar-refractivity contribution in [2.75, 3.05) is 11.9 Å². The van der Waals surface area contributed by atoms with Gasteiger partial charge in [-0.15, -0.1) is 0 Å². The molecule has 16 heavy (non-hydrogen) atoms. The molecule has 0 fully saturated rings. The molecule has 0 spiro atoms. The van der Waals surface area contributed by atoms with Gasteiger partial charge in [-0.1, -0.05) is 11.6 Å². The summed E-state index contributed by atoms with van der Waals surface area (Å²) < 4.78 is 2.72. The second kappa shape index (κ2) is 5.32. The molecule has 0 aliphatic rings. The summed E-state index contributed by atoms with van der Waals surface area (Å²) in [5.74, 6) is 0.692. The first kappa shape index (κ1) is 11.4. The zero-order valence-electron chi connectivity index (χ0n) is 8.40. The maximum atomic E-state index is 6.01. The van der Waals surface area contributed by atoms with Gasteiger partial charge in [0.2, 0.25) is 0 Å². The molecule has 84 valence electrons. The number of hydrogen-bond donors (Lipinski definition) is 1. The van der Waals surface area contributed by atoms with E-state index in [9.17, 15) is 0 Å². The fourth-order valence-corrected chi connectivity index (χ4v) is 1.96. The molecule has 0 bridgehead atoms. The lowest BCUT2D eigenvalue weighted by Crippen LogP contribution is -2.11. The van der Waals surface area contributed by atoms with E-state index in [2.05, 4.69) is 31.3 Å². The number of nitrogens with one attached hydrogen (secondary N) is 1. The Kier molecular flexibility index (Phi) is 3.79. The number of hydrogen-bond acceptors (Lipinski definition) is 3. The number of rotatable bonds is 4. The van der Waals surface area contributed by atoms with Crippen LogP contribution >= 0.6 is 27.5 Å². The molecule has 0 radical (unpaired) electrons. The quantitative estimate of drug-likeness (QED) is 0.944. The van der Waals surface area contributed by atoms with Gasteiger partial charge in [-0.25, -0.2) is 4.98 Å². The third-order valence-electron chi connectivity index (χ3n) is 2.00. The van der Waals surface area contributed by atoms with Crippen LogP contribution in [0.4, 0.5) is 5.82 Å². The van der Waals surface area contributed by atoms with Crippen LogP contribution in [0.1, 0.15) is 0 Å². The van der Waals surface area contributed by atoms with Gasteiger partial charge in [0.05, 0.1) is 11.6 Å². The van der Waals surface area contributed by atoms with Crippen molar-refractivity contribution in [3.8, 4) is 0 Å². The maximum absolute atomic E-state index is 6.01. The summed E-state index contributed by atoms with van der Waals surface area (Å²) in [6, 6.07) is 3.70. The van der Waals surface area contributed by atoms with Crippen molar-refractivity contribution in [3.05, 3.63) is 40.2 Å². The third-order valence-corrected chi connectivity index (χ3v) is 2.72. The average molecular weight is 302 g/mol. The fraction of sp³-hybridized carbons (Fsp3) is 0.200. The van der Waals surface area contributed by atoms with E-state index in [1.165, 1.54) is 0 Å². The lowest BCUT2D eigenvalue weighted by atomic mass is 10.4. The summed E-state index contributed by atoms with van der Waals surface area (Å²) in [6.07, 6.45) is 5.38. The highest BCUT2D eigenvalue weighted by Gasteiger charge is 2.01. The number of pyridine rings is 1. The number of halogens is 2. The topological polar surface area (TPSA) is 42.7 Å². The van der Waals surface area contributed by atoms with Crippen molar-refractivity contribution >= 4 is 33.3 Å². The normalized spacial score (nSPS) is 10.4. The molecule has 2 aromatic rings. The highest BCUT2D eigenvalue weighted by Crippen LogP contribution is 2.22. The molecule has 1 N–H and O–H groups in total. The Balaban J connectivity index is 1.90. The first-order valence-electron chi connectivity index (χ1n) is 4.78. The Morgan fingerprint density at radius 2 is 2.38 bits per heavy atom. The highest BCUT2D eigenvalue weighted by atomic mass is 79.9. The van der Waals surface area contributed by atoms with Crippen LogP contribution in [0.25, 0.3) is 0 Å². The minimum atomic E-state index is 0.606. The molecule has 2 heterocycles. The van der Waals surface area contributed by atoms with Crippen LogP contribution in [0.3, 0.4) is 0 Å². The van der Waals surface area contributed by atoms with Gasteiger partial charge in [0.15, 0.2) is 0 Å². The first-order valence-corrected chi connectivity index (χ1v) is 5.95. The minimum Gasteiger partial charge on any atom is -0.367 e. The van der Waals surface area contributed by atoms with Crippen molar-refractivity contribution in [1.29, 1.82) is 0 Å². The lowest BCUT2D eigenvalue weighted by Gasteiger charge is -2.07. The summed E-state index contributed by atoms with van der Waals surface area (Å²) in [6.45, 7) is 1.51. The van der Waals surface area contributed by atoms with Crippen molar-refractivity contribution in [2.24, 2.45) is 0 Å². The molecule has 0 saturated heterocycles. The number of nitrogens with zero attached hydrogens (tertiary/aromatic N) is 3. The van der Waals surface area contributed by atoms with E-state index < -0.39 is 0 Å². The molecule has 2 aromatic heterocycles. The van der Waals surface area contributed by atoms with Crippen LogP contribution in [0.15, 0.2) is 35.2 Å². The average Bonchev–Trinajstić information content (AvgIpc) is 2.74. The molecule has 0 amide bonds.